The molecule has 0 aliphatic carbocycles. The molecule has 2 aromatic carbocycles. The molecular weight excluding hydrogens is 411 g/mol. The lowest BCUT2D eigenvalue weighted by molar-refractivity contribution is 0.0497. The minimum absolute atomic E-state index is 0.268. The lowest BCUT2D eigenvalue weighted by Gasteiger charge is -2.15. The quantitative estimate of drug-likeness (QED) is 0.246. The number of hydrogen-bond acceptors (Lipinski definition) is 5. The maximum absolute atomic E-state index is 11.8. The Morgan fingerprint density at radius 2 is 1.69 bits per heavy atom. The van der Waals surface area contributed by atoms with Crippen molar-refractivity contribution in [2.45, 2.75) is 38.2 Å². The summed E-state index contributed by atoms with van der Waals surface area (Å²) >= 11 is 12.2. The minimum atomic E-state index is -0.736. The number of carbonyl (C=O) groups is 1. The molecule has 7 heteroatoms. The fourth-order valence-corrected chi connectivity index (χ4v) is 3.36. The Balaban J connectivity index is 1.49. The van der Waals surface area contributed by atoms with Gasteiger partial charge in [-0.2, -0.15) is 0 Å². The Morgan fingerprint density at radius 1 is 1.00 bits per heavy atom. The van der Waals surface area contributed by atoms with Gasteiger partial charge in [-0.25, -0.2) is 4.79 Å². The Labute approximate surface area is 182 Å². The molecule has 5 nitrogen and oxygen atoms in total. The summed E-state index contributed by atoms with van der Waals surface area (Å²) in [7, 11) is 0. The number of esters is 1. The van der Waals surface area contributed by atoms with Gasteiger partial charge < -0.3 is 20.9 Å². The summed E-state index contributed by atoms with van der Waals surface area (Å²) in [6, 6.07) is 12.4. The smallest absolute Gasteiger partial charge is 0.338 e. The largest absolute Gasteiger partial charge is 0.462 e. The second-order valence-electron chi connectivity index (χ2n) is 6.86. The Hall–Kier alpha value is -1.79. The van der Waals surface area contributed by atoms with Crippen LogP contribution in [-0.4, -0.2) is 30.8 Å². The predicted octanol–water partition coefficient (Wildman–Crippen LogP) is 5.01. The summed E-state index contributed by atoms with van der Waals surface area (Å²) in [6.07, 6.45) is 4.30. The van der Waals surface area contributed by atoms with E-state index >= 15 is 0 Å². The van der Waals surface area contributed by atoms with E-state index in [2.05, 4.69) is 5.32 Å². The fraction of sp³-hybridized carbons (Fsp3) is 0.409. The Morgan fingerprint density at radius 3 is 2.45 bits per heavy atom. The molecule has 1 atom stereocenters. The molecule has 0 aliphatic rings. The molecule has 2 aromatic rings. The van der Waals surface area contributed by atoms with Gasteiger partial charge in [0.2, 0.25) is 0 Å². The van der Waals surface area contributed by atoms with Crippen molar-refractivity contribution < 1.29 is 14.6 Å². The van der Waals surface area contributed by atoms with E-state index in [1.54, 1.807) is 24.3 Å². The van der Waals surface area contributed by atoms with Gasteiger partial charge in [0.1, 0.15) is 0 Å². The van der Waals surface area contributed by atoms with Gasteiger partial charge in [0.25, 0.3) is 0 Å². The van der Waals surface area contributed by atoms with Crippen molar-refractivity contribution in [1.82, 2.24) is 5.32 Å². The van der Waals surface area contributed by atoms with Crippen molar-refractivity contribution in [3.63, 3.8) is 0 Å². The summed E-state index contributed by atoms with van der Waals surface area (Å²) in [4.78, 5) is 11.8. The number of halogens is 2. The van der Waals surface area contributed by atoms with Crippen molar-refractivity contribution in [2.24, 2.45) is 0 Å². The third-order valence-electron chi connectivity index (χ3n) is 4.58. The van der Waals surface area contributed by atoms with Gasteiger partial charge in [0.15, 0.2) is 0 Å². The van der Waals surface area contributed by atoms with E-state index in [1.807, 2.05) is 18.2 Å². The zero-order valence-electron chi connectivity index (χ0n) is 16.4. The maximum Gasteiger partial charge on any atom is 0.338 e. The molecule has 0 bridgehead atoms. The molecule has 0 aliphatic heterocycles. The van der Waals surface area contributed by atoms with Crippen LogP contribution in [0.3, 0.4) is 0 Å². The molecule has 0 heterocycles. The van der Waals surface area contributed by atoms with Crippen LogP contribution < -0.4 is 11.1 Å². The van der Waals surface area contributed by atoms with Crippen molar-refractivity contribution in [3.8, 4) is 0 Å². The van der Waals surface area contributed by atoms with Crippen LogP contribution in [0.1, 0.15) is 54.1 Å². The number of anilines is 1. The number of nitrogen functional groups attached to an aromatic ring is 1. The SMILES string of the molecule is Nc1ccc(C(O)CNCCCCCCCOC(=O)c2ccccc2)c(Cl)c1Cl. The van der Waals surface area contributed by atoms with E-state index in [0.717, 1.165) is 38.6 Å². The molecule has 0 fully saturated rings. The van der Waals surface area contributed by atoms with Crippen LogP contribution in [0.2, 0.25) is 10.0 Å². The molecule has 158 valence electrons. The van der Waals surface area contributed by atoms with E-state index in [0.29, 0.717) is 35.0 Å². The average Bonchev–Trinajstić information content (AvgIpc) is 2.73. The molecule has 0 amide bonds. The van der Waals surface area contributed by atoms with Crippen LogP contribution in [0.15, 0.2) is 42.5 Å². The molecule has 4 N–H and O–H groups in total. The number of nitrogens with two attached hydrogens (primary N) is 1. The predicted molar refractivity (Wildman–Crippen MR) is 119 cm³/mol. The molecule has 0 saturated carbocycles. The van der Waals surface area contributed by atoms with Crippen LogP contribution in [0.25, 0.3) is 0 Å². The Kier molecular flexibility index (Phi) is 10.3. The van der Waals surface area contributed by atoms with Crippen molar-refractivity contribution in [1.29, 1.82) is 0 Å². The highest BCUT2D eigenvalue weighted by Crippen LogP contribution is 2.34. The van der Waals surface area contributed by atoms with Gasteiger partial charge in [-0.05, 0) is 37.6 Å². The molecule has 1 unspecified atom stereocenters. The van der Waals surface area contributed by atoms with Gasteiger partial charge in [0, 0.05) is 12.1 Å². The number of benzene rings is 2. The van der Waals surface area contributed by atoms with Crippen molar-refractivity contribution in [3.05, 3.63) is 63.6 Å². The summed E-state index contributed by atoms with van der Waals surface area (Å²) < 4.78 is 5.26. The molecule has 2 rings (SSSR count). The van der Waals surface area contributed by atoms with E-state index in [4.69, 9.17) is 33.7 Å². The number of carbonyl (C=O) groups excluding carboxylic acids is 1. The average molecular weight is 439 g/mol. The number of aliphatic hydroxyl groups is 1. The summed E-state index contributed by atoms with van der Waals surface area (Å²) in [5, 5.41) is 14.1. The highest BCUT2D eigenvalue weighted by Gasteiger charge is 2.15. The van der Waals surface area contributed by atoms with Crippen LogP contribution in [0.4, 0.5) is 5.69 Å². The van der Waals surface area contributed by atoms with Gasteiger partial charge >= 0.3 is 5.97 Å². The first-order chi connectivity index (χ1) is 14.0. The second kappa shape index (κ2) is 12.7. The van der Waals surface area contributed by atoms with Gasteiger partial charge in [0.05, 0.1) is 34.0 Å². The lowest BCUT2D eigenvalue weighted by Crippen LogP contribution is -2.22. The lowest BCUT2D eigenvalue weighted by atomic mass is 10.1. The highest BCUT2D eigenvalue weighted by atomic mass is 35.5. The fourth-order valence-electron chi connectivity index (χ4n) is 2.89. The van der Waals surface area contributed by atoms with Crippen LogP contribution in [0.5, 0.6) is 0 Å². The van der Waals surface area contributed by atoms with E-state index in [1.165, 1.54) is 0 Å². The van der Waals surface area contributed by atoms with Crippen molar-refractivity contribution in [2.75, 3.05) is 25.4 Å². The number of unbranched alkanes of at least 4 members (excludes halogenated alkanes) is 4. The first-order valence-corrected chi connectivity index (χ1v) is 10.6. The van der Waals surface area contributed by atoms with E-state index in [9.17, 15) is 9.90 Å². The highest BCUT2D eigenvalue weighted by molar-refractivity contribution is 6.44. The molecule has 29 heavy (non-hydrogen) atoms. The molecule has 0 radical (unpaired) electrons. The third kappa shape index (κ3) is 7.86. The monoisotopic (exact) mass is 438 g/mol. The zero-order valence-corrected chi connectivity index (χ0v) is 17.9. The minimum Gasteiger partial charge on any atom is -0.462 e. The first-order valence-electron chi connectivity index (χ1n) is 9.85. The molecule has 0 aromatic heterocycles. The number of aliphatic hydroxyl groups excluding tert-OH is 1. The van der Waals surface area contributed by atoms with Crippen LogP contribution in [-0.2, 0) is 4.74 Å². The van der Waals surface area contributed by atoms with E-state index < -0.39 is 6.10 Å². The van der Waals surface area contributed by atoms with Gasteiger partial charge in [-0.1, -0.05) is 66.7 Å². The van der Waals surface area contributed by atoms with E-state index in [-0.39, 0.29) is 11.0 Å². The van der Waals surface area contributed by atoms with Gasteiger partial charge in [-0.3, -0.25) is 0 Å². The zero-order chi connectivity index (χ0) is 21.1. The third-order valence-corrected chi connectivity index (χ3v) is 5.49. The number of nitrogens with one attached hydrogen (secondary N) is 1. The topological polar surface area (TPSA) is 84.6 Å². The number of hydrogen-bond donors (Lipinski definition) is 3. The Bertz CT molecular complexity index is 772. The second-order valence-corrected chi connectivity index (χ2v) is 7.62. The normalized spacial score (nSPS) is 12.0. The first kappa shape index (κ1) is 23.5. The molecule has 0 spiro atoms. The number of rotatable bonds is 12. The summed E-state index contributed by atoms with van der Waals surface area (Å²) in [5.41, 5.74) is 7.25. The molecule has 0 saturated heterocycles. The summed E-state index contributed by atoms with van der Waals surface area (Å²) in [5.74, 6) is -0.268. The molecular formula is C22H28Cl2N2O3. The summed E-state index contributed by atoms with van der Waals surface area (Å²) in [6.45, 7) is 1.65. The number of ether oxygens (including phenoxy) is 1. The van der Waals surface area contributed by atoms with Crippen molar-refractivity contribution >= 4 is 34.9 Å². The van der Waals surface area contributed by atoms with Crippen LogP contribution >= 0.6 is 23.2 Å². The van der Waals surface area contributed by atoms with Gasteiger partial charge in [-0.15, -0.1) is 0 Å². The van der Waals surface area contributed by atoms with Crippen LogP contribution in [0, 0.1) is 0 Å². The standard InChI is InChI=1S/C22H28Cl2N2O3/c23-20-17(11-12-18(25)21(20)24)19(27)15-26-13-7-2-1-3-8-14-29-22(28)16-9-5-4-6-10-16/h4-6,9-12,19,26-27H,1-3,7-8,13-15,25H2. The maximum atomic E-state index is 11.8.